The third kappa shape index (κ3) is 3.66. The minimum atomic E-state index is -0.535. The smallest absolute Gasteiger partial charge is 0.311 e. The molecule has 1 unspecified atom stereocenters. The van der Waals surface area contributed by atoms with Gasteiger partial charge in [-0.05, 0) is 30.7 Å². The Kier molecular flexibility index (Phi) is 4.68. The number of ether oxygens (including phenoxy) is 1. The largest absolute Gasteiger partial charge is 0.467 e. The Bertz CT molecular complexity index is 1090. The van der Waals surface area contributed by atoms with Gasteiger partial charge in [-0.3, -0.25) is 18.8 Å². The second-order valence-electron chi connectivity index (χ2n) is 6.88. The van der Waals surface area contributed by atoms with Gasteiger partial charge in [-0.2, -0.15) is 0 Å². The minimum Gasteiger partial charge on any atom is -0.467 e. The van der Waals surface area contributed by atoms with E-state index in [1.165, 1.54) is 10.5 Å². The summed E-state index contributed by atoms with van der Waals surface area (Å²) in [6.07, 6.45) is 3.35. The first-order chi connectivity index (χ1) is 13.5. The highest BCUT2D eigenvalue weighted by Gasteiger charge is 2.35. The molecule has 0 aromatic carbocycles. The van der Waals surface area contributed by atoms with Crippen molar-refractivity contribution in [1.29, 1.82) is 0 Å². The summed E-state index contributed by atoms with van der Waals surface area (Å²) in [7, 11) is 0. The number of esters is 1. The van der Waals surface area contributed by atoms with Crippen molar-refractivity contribution in [1.82, 2.24) is 14.3 Å². The summed E-state index contributed by atoms with van der Waals surface area (Å²) in [5, 5.41) is 0. The fourth-order valence-electron chi connectivity index (χ4n) is 3.27. The van der Waals surface area contributed by atoms with Crippen LogP contribution in [0.1, 0.15) is 23.4 Å². The molecule has 0 spiro atoms. The van der Waals surface area contributed by atoms with E-state index in [-0.39, 0.29) is 31.0 Å². The first-order valence-corrected chi connectivity index (χ1v) is 8.95. The van der Waals surface area contributed by atoms with E-state index in [1.54, 1.807) is 35.6 Å². The quantitative estimate of drug-likeness (QED) is 0.624. The van der Waals surface area contributed by atoms with Crippen LogP contribution in [0.25, 0.3) is 5.65 Å². The summed E-state index contributed by atoms with van der Waals surface area (Å²) in [6, 6.07) is 8.48. The third-order valence-electron chi connectivity index (χ3n) is 4.70. The summed E-state index contributed by atoms with van der Waals surface area (Å²) in [4.78, 5) is 42.6. The van der Waals surface area contributed by atoms with Crippen LogP contribution in [0.2, 0.25) is 0 Å². The van der Waals surface area contributed by atoms with Gasteiger partial charge in [-0.25, -0.2) is 4.98 Å². The van der Waals surface area contributed by atoms with Crippen LogP contribution in [0.4, 0.5) is 0 Å². The number of rotatable bonds is 5. The van der Waals surface area contributed by atoms with Crippen LogP contribution in [-0.4, -0.2) is 32.7 Å². The molecule has 0 saturated carbocycles. The van der Waals surface area contributed by atoms with Gasteiger partial charge in [0, 0.05) is 25.2 Å². The number of furan rings is 1. The zero-order chi connectivity index (χ0) is 19.7. The lowest BCUT2D eigenvalue weighted by Crippen LogP contribution is -2.26. The zero-order valence-electron chi connectivity index (χ0n) is 15.3. The highest BCUT2D eigenvalue weighted by molar-refractivity contribution is 5.86. The molecule has 1 aliphatic heterocycles. The van der Waals surface area contributed by atoms with E-state index >= 15 is 0 Å². The number of likely N-dealkylation sites (tertiary alicyclic amines) is 1. The Hall–Kier alpha value is -3.42. The number of pyridine rings is 1. The maximum absolute atomic E-state index is 12.4. The van der Waals surface area contributed by atoms with Crippen LogP contribution in [0.15, 0.2) is 52.0 Å². The van der Waals surface area contributed by atoms with Gasteiger partial charge in [0.1, 0.15) is 18.0 Å². The number of carbonyl (C=O) groups is 2. The van der Waals surface area contributed by atoms with Crippen LogP contribution in [0.3, 0.4) is 0 Å². The van der Waals surface area contributed by atoms with Crippen LogP contribution in [0.5, 0.6) is 0 Å². The van der Waals surface area contributed by atoms with Gasteiger partial charge in [-0.1, -0.05) is 6.07 Å². The Morgan fingerprint density at radius 3 is 2.96 bits per heavy atom. The number of nitrogens with zero attached hydrogens (tertiary/aromatic N) is 3. The van der Waals surface area contributed by atoms with E-state index in [0.29, 0.717) is 23.6 Å². The topological polar surface area (TPSA) is 94.1 Å². The van der Waals surface area contributed by atoms with Crippen molar-refractivity contribution >= 4 is 17.5 Å². The lowest BCUT2D eigenvalue weighted by molar-refractivity contribution is -0.149. The summed E-state index contributed by atoms with van der Waals surface area (Å²) in [5.74, 6) is -0.456. The van der Waals surface area contributed by atoms with Crippen molar-refractivity contribution < 1.29 is 18.7 Å². The molecule has 0 N–H and O–H groups in total. The maximum Gasteiger partial charge on any atom is 0.311 e. The van der Waals surface area contributed by atoms with E-state index in [1.807, 2.05) is 13.0 Å². The molecule has 1 aliphatic rings. The van der Waals surface area contributed by atoms with Crippen molar-refractivity contribution in [3.8, 4) is 0 Å². The molecule has 144 valence electrons. The number of carbonyl (C=O) groups excluding carboxylic acids is 2. The number of fused-ring (bicyclic) bond motifs is 1. The van der Waals surface area contributed by atoms with Gasteiger partial charge >= 0.3 is 5.97 Å². The van der Waals surface area contributed by atoms with Crippen molar-refractivity contribution in [2.45, 2.75) is 26.5 Å². The predicted octanol–water partition coefficient (Wildman–Crippen LogP) is 1.69. The molecule has 1 atom stereocenters. The Balaban J connectivity index is 1.39. The first-order valence-electron chi connectivity index (χ1n) is 8.95. The van der Waals surface area contributed by atoms with Crippen molar-refractivity contribution in [3.05, 3.63) is 70.2 Å². The summed E-state index contributed by atoms with van der Waals surface area (Å²) in [6.45, 7) is 2.39. The van der Waals surface area contributed by atoms with Gasteiger partial charge < -0.3 is 14.1 Å². The second-order valence-corrected chi connectivity index (χ2v) is 6.88. The molecule has 4 rings (SSSR count). The molecule has 0 radical (unpaired) electrons. The van der Waals surface area contributed by atoms with Crippen molar-refractivity contribution in [3.63, 3.8) is 0 Å². The standard InChI is InChI=1S/C20H19N3O5/c1-13-4-5-17-21-15(8-19(25)23(17)9-13)12-28-20(26)14-7-18(24)22(10-14)11-16-3-2-6-27-16/h2-6,8-9,14H,7,10-12H2,1H3. The second kappa shape index (κ2) is 7.30. The SMILES string of the molecule is Cc1ccc2nc(COC(=O)C3CC(=O)N(Cc4ccco4)C3)cc(=O)n2c1. The predicted molar refractivity (Wildman–Crippen MR) is 98.2 cm³/mol. The highest BCUT2D eigenvalue weighted by atomic mass is 16.5. The molecule has 3 aromatic heterocycles. The zero-order valence-corrected chi connectivity index (χ0v) is 15.3. The number of aryl methyl sites for hydroxylation is 1. The number of hydrogen-bond donors (Lipinski definition) is 0. The van der Waals surface area contributed by atoms with E-state index in [2.05, 4.69) is 4.98 Å². The molecule has 1 fully saturated rings. The molecular weight excluding hydrogens is 362 g/mol. The molecule has 28 heavy (non-hydrogen) atoms. The molecule has 1 amide bonds. The average Bonchev–Trinajstić information content (AvgIpc) is 3.31. The normalized spacial score (nSPS) is 16.7. The van der Waals surface area contributed by atoms with E-state index in [0.717, 1.165) is 5.56 Å². The Morgan fingerprint density at radius 2 is 2.18 bits per heavy atom. The van der Waals surface area contributed by atoms with E-state index in [4.69, 9.17) is 9.15 Å². The molecule has 3 aromatic rings. The van der Waals surface area contributed by atoms with Gasteiger partial charge in [-0.15, -0.1) is 0 Å². The fourth-order valence-corrected chi connectivity index (χ4v) is 3.27. The summed E-state index contributed by atoms with van der Waals surface area (Å²) in [5.41, 5.74) is 1.57. The molecular formula is C20H19N3O5. The van der Waals surface area contributed by atoms with Gasteiger partial charge in [0.05, 0.1) is 24.4 Å². The molecule has 8 nitrogen and oxygen atoms in total. The molecule has 8 heteroatoms. The average molecular weight is 381 g/mol. The van der Waals surface area contributed by atoms with Gasteiger partial charge in [0.2, 0.25) is 5.91 Å². The van der Waals surface area contributed by atoms with E-state index in [9.17, 15) is 14.4 Å². The highest BCUT2D eigenvalue weighted by Crippen LogP contribution is 2.22. The van der Waals surface area contributed by atoms with Crippen LogP contribution in [-0.2, 0) is 27.5 Å². The first kappa shape index (κ1) is 18.0. The van der Waals surface area contributed by atoms with Crippen LogP contribution in [0, 0.1) is 12.8 Å². The lowest BCUT2D eigenvalue weighted by Gasteiger charge is -2.14. The summed E-state index contributed by atoms with van der Waals surface area (Å²) < 4.78 is 12.0. The monoisotopic (exact) mass is 381 g/mol. The van der Waals surface area contributed by atoms with Crippen molar-refractivity contribution in [2.75, 3.05) is 6.54 Å². The van der Waals surface area contributed by atoms with E-state index < -0.39 is 11.9 Å². The molecule has 4 heterocycles. The van der Waals surface area contributed by atoms with Gasteiger partial charge in [0.15, 0.2) is 0 Å². The van der Waals surface area contributed by atoms with Crippen LogP contribution >= 0.6 is 0 Å². The third-order valence-corrected chi connectivity index (χ3v) is 4.70. The number of amides is 1. The number of aromatic nitrogens is 2. The summed E-state index contributed by atoms with van der Waals surface area (Å²) >= 11 is 0. The maximum atomic E-state index is 12.4. The Labute approximate surface area is 160 Å². The Morgan fingerprint density at radius 1 is 1.32 bits per heavy atom. The molecule has 1 saturated heterocycles. The molecule has 0 bridgehead atoms. The number of hydrogen-bond acceptors (Lipinski definition) is 6. The lowest BCUT2D eigenvalue weighted by atomic mass is 10.1. The van der Waals surface area contributed by atoms with Crippen LogP contribution < -0.4 is 5.56 Å². The minimum absolute atomic E-state index is 0.104. The van der Waals surface area contributed by atoms with Crippen molar-refractivity contribution in [2.24, 2.45) is 5.92 Å². The fraction of sp³-hybridized carbons (Fsp3) is 0.300. The molecule has 0 aliphatic carbocycles. The van der Waals surface area contributed by atoms with Gasteiger partial charge in [0.25, 0.3) is 5.56 Å².